The van der Waals surface area contributed by atoms with Gasteiger partial charge in [-0.25, -0.2) is 10.2 Å². The van der Waals surface area contributed by atoms with Gasteiger partial charge in [0, 0.05) is 0 Å². The van der Waals surface area contributed by atoms with Crippen LogP contribution in [0.2, 0.25) is 0 Å². The van der Waals surface area contributed by atoms with Gasteiger partial charge in [0.15, 0.2) is 0 Å². The van der Waals surface area contributed by atoms with Gasteiger partial charge in [0.05, 0.1) is 12.6 Å². The molecule has 1 rings (SSSR count). The summed E-state index contributed by atoms with van der Waals surface area (Å²) in [5, 5.41) is 27.5. The van der Waals surface area contributed by atoms with E-state index in [2.05, 4.69) is 4.98 Å². The summed E-state index contributed by atoms with van der Waals surface area (Å²) in [6.45, 7) is 3.56. The Bertz CT molecular complexity index is 283. The fraction of sp³-hybridized carbons (Fsp3) is 0.571. The Hall–Kier alpha value is -0.950. The highest BCUT2D eigenvalue weighted by Gasteiger charge is 2.13. The second kappa shape index (κ2) is 3.84. The molecule has 6 nitrogen and oxygen atoms in total. The molecule has 1 unspecified atom stereocenters. The van der Waals surface area contributed by atoms with Crippen molar-refractivity contribution in [3.63, 3.8) is 0 Å². The summed E-state index contributed by atoms with van der Waals surface area (Å²) < 4.78 is 1.48. The van der Waals surface area contributed by atoms with Crippen LogP contribution in [0.3, 0.4) is 0 Å². The van der Waals surface area contributed by atoms with Crippen LogP contribution in [0, 0.1) is 12.1 Å². The van der Waals surface area contributed by atoms with Gasteiger partial charge in [0.25, 0.3) is 5.82 Å². The van der Waals surface area contributed by atoms with Gasteiger partial charge in [-0.15, -0.1) is 0 Å². The van der Waals surface area contributed by atoms with E-state index in [1.807, 2.05) is 0 Å². The zero-order valence-electron chi connectivity index (χ0n) is 7.56. The maximum absolute atomic E-state index is 10.7. The average Bonchev–Trinajstić information content (AvgIpc) is 2.32. The monoisotopic (exact) mass is 187 g/mol. The molecule has 13 heavy (non-hydrogen) atoms. The van der Waals surface area contributed by atoms with Gasteiger partial charge in [-0.1, -0.05) is 0 Å². The fourth-order valence-electron chi connectivity index (χ4n) is 1.13. The molecule has 74 valence electrons. The zero-order chi connectivity index (χ0) is 10.0. The SMILES string of the molecule is Cc1ncc([NH+]([O-])O)n1C[C@H](C)O. The van der Waals surface area contributed by atoms with Gasteiger partial charge in [-0.3, -0.25) is 4.57 Å². The average molecular weight is 187 g/mol. The molecule has 0 aliphatic heterocycles. The Morgan fingerprint density at radius 1 is 1.77 bits per heavy atom. The van der Waals surface area contributed by atoms with Gasteiger partial charge in [-0.2, -0.15) is 5.23 Å². The van der Waals surface area contributed by atoms with Crippen molar-refractivity contribution in [2.24, 2.45) is 0 Å². The van der Waals surface area contributed by atoms with Crippen LogP contribution in [-0.2, 0) is 6.54 Å². The second-order valence-corrected chi connectivity index (χ2v) is 2.96. The van der Waals surface area contributed by atoms with E-state index in [4.69, 9.17) is 10.3 Å². The third-order valence-electron chi connectivity index (χ3n) is 1.72. The number of imidazole rings is 1. The molecule has 0 saturated carbocycles. The maximum atomic E-state index is 10.7. The number of aromatic nitrogens is 2. The normalized spacial score (nSPS) is 15.8. The van der Waals surface area contributed by atoms with Crippen molar-refractivity contribution in [3.8, 4) is 0 Å². The quantitative estimate of drug-likeness (QED) is 0.528. The molecule has 2 atom stereocenters. The third-order valence-corrected chi connectivity index (χ3v) is 1.72. The van der Waals surface area contributed by atoms with Crippen LogP contribution in [0.15, 0.2) is 6.20 Å². The third kappa shape index (κ3) is 2.25. The number of rotatable bonds is 3. The summed E-state index contributed by atoms with van der Waals surface area (Å²) in [6.07, 6.45) is 0.714. The molecule has 6 heteroatoms. The highest BCUT2D eigenvalue weighted by Crippen LogP contribution is 2.06. The van der Waals surface area contributed by atoms with Crippen LogP contribution in [0.5, 0.6) is 0 Å². The van der Waals surface area contributed by atoms with Gasteiger partial charge in [0.1, 0.15) is 12.0 Å². The molecule has 1 heterocycles. The van der Waals surface area contributed by atoms with Crippen LogP contribution >= 0.6 is 0 Å². The molecule has 0 aliphatic carbocycles. The number of aliphatic hydroxyl groups excluding tert-OH is 1. The van der Waals surface area contributed by atoms with Crippen molar-refractivity contribution in [2.75, 3.05) is 0 Å². The van der Waals surface area contributed by atoms with Gasteiger partial charge in [0.2, 0.25) is 0 Å². The van der Waals surface area contributed by atoms with Crippen LogP contribution < -0.4 is 5.23 Å². The summed E-state index contributed by atoms with van der Waals surface area (Å²) in [5.41, 5.74) is 0. The Morgan fingerprint density at radius 3 is 2.85 bits per heavy atom. The lowest BCUT2D eigenvalue weighted by Gasteiger charge is -2.15. The zero-order valence-corrected chi connectivity index (χ0v) is 7.56. The number of aryl methyl sites for hydroxylation is 1. The molecule has 0 fully saturated rings. The number of hydrogen-bond acceptors (Lipinski definition) is 4. The molecular formula is C7H13N3O3. The minimum atomic E-state index is -1.03. The van der Waals surface area contributed by atoms with E-state index in [9.17, 15) is 5.21 Å². The minimum Gasteiger partial charge on any atom is -0.594 e. The molecule has 0 amide bonds. The number of nitrogens with zero attached hydrogens (tertiary/aromatic N) is 2. The van der Waals surface area contributed by atoms with Crippen LogP contribution in [0.1, 0.15) is 12.7 Å². The van der Waals surface area contributed by atoms with Crippen molar-refractivity contribution in [3.05, 3.63) is 17.2 Å². The van der Waals surface area contributed by atoms with E-state index < -0.39 is 11.3 Å². The van der Waals surface area contributed by atoms with E-state index in [1.54, 1.807) is 13.8 Å². The van der Waals surface area contributed by atoms with E-state index in [1.165, 1.54) is 10.8 Å². The van der Waals surface area contributed by atoms with E-state index in [0.717, 1.165) is 0 Å². The molecular weight excluding hydrogens is 174 g/mol. The smallest absolute Gasteiger partial charge is 0.259 e. The predicted molar refractivity (Wildman–Crippen MR) is 44.4 cm³/mol. The Labute approximate surface area is 75.6 Å². The first kappa shape index (κ1) is 10.1. The number of quaternary nitrogens is 1. The van der Waals surface area contributed by atoms with Crippen molar-refractivity contribution in [1.29, 1.82) is 0 Å². The number of hydrogen-bond donors (Lipinski definition) is 3. The van der Waals surface area contributed by atoms with Gasteiger partial charge in [-0.05, 0) is 13.8 Å². The molecule has 1 aromatic rings. The molecule has 1 aromatic heterocycles. The van der Waals surface area contributed by atoms with Crippen molar-refractivity contribution < 1.29 is 15.5 Å². The first-order valence-corrected chi connectivity index (χ1v) is 3.96. The number of aliphatic hydroxyl groups is 1. The lowest BCUT2D eigenvalue weighted by atomic mass is 10.4. The highest BCUT2D eigenvalue weighted by molar-refractivity contribution is 5.17. The Kier molecular flexibility index (Phi) is 2.99. The van der Waals surface area contributed by atoms with Crippen molar-refractivity contribution in [2.45, 2.75) is 26.5 Å². The standard InChI is InChI=1S/C7H13N3O3/c1-5(11)4-9-6(2)8-3-7(9)10(12)13/h3,5,10-12H,4H2,1-2H3/t5-/m0/s1. The first-order valence-electron chi connectivity index (χ1n) is 3.96. The lowest BCUT2D eigenvalue weighted by Crippen LogP contribution is -2.99. The van der Waals surface area contributed by atoms with Crippen molar-refractivity contribution in [1.82, 2.24) is 9.55 Å². The minimum absolute atomic E-state index is 0.110. The molecule has 0 radical (unpaired) electrons. The summed E-state index contributed by atoms with van der Waals surface area (Å²) in [7, 11) is 0. The summed E-state index contributed by atoms with van der Waals surface area (Å²) in [4.78, 5) is 3.86. The van der Waals surface area contributed by atoms with E-state index >= 15 is 0 Å². The van der Waals surface area contributed by atoms with E-state index in [0.29, 0.717) is 5.82 Å². The number of nitrogens with one attached hydrogen (secondary N) is 1. The van der Waals surface area contributed by atoms with Crippen molar-refractivity contribution >= 4 is 5.82 Å². The molecule has 3 N–H and O–H groups in total. The fourth-order valence-corrected chi connectivity index (χ4v) is 1.13. The Balaban J connectivity index is 2.94. The summed E-state index contributed by atoms with van der Waals surface area (Å²) >= 11 is 0. The summed E-state index contributed by atoms with van der Waals surface area (Å²) in [6, 6.07) is 0. The molecule has 0 aliphatic rings. The predicted octanol–water partition coefficient (Wildman–Crippen LogP) is -1.02. The maximum Gasteiger partial charge on any atom is 0.259 e. The van der Waals surface area contributed by atoms with Crippen LogP contribution in [0.4, 0.5) is 5.82 Å². The van der Waals surface area contributed by atoms with Crippen LogP contribution in [-0.4, -0.2) is 26.0 Å². The second-order valence-electron chi connectivity index (χ2n) is 2.96. The molecule has 0 aromatic carbocycles. The lowest BCUT2D eigenvalue weighted by molar-refractivity contribution is -0.994. The first-order chi connectivity index (χ1) is 6.02. The molecule has 0 bridgehead atoms. The summed E-state index contributed by atoms with van der Waals surface area (Å²) in [5.74, 6) is 0.705. The van der Waals surface area contributed by atoms with E-state index in [-0.39, 0.29) is 12.4 Å². The Morgan fingerprint density at radius 2 is 2.38 bits per heavy atom. The largest absolute Gasteiger partial charge is 0.594 e. The molecule has 0 spiro atoms. The van der Waals surface area contributed by atoms with Gasteiger partial charge >= 0.3 is 0 Å². The topological polar surface area (TPSA) is 85.8 Å². The molecule has 0 saturated heterocycles. The van der Waals surface area contributed by atoms with Crippen LogP contribution in [0.25, 0.3) is 0 Å². The van der Waals surface area contributed by atoms with Gasteiger partial charge < -0.3 is 10.3 Å². The highest BCUT2D eigenvalue weighted by atomic mass is 16.8.